The number of ether oxygens (including phenoxy) is 1. The van der Waals surface area contributed by atoms with E-state index >= 15 is 0 Å². The molecule has 0 spiro atoms. The molecule has 7 heteroatoms. The van der Waals surface area contributed by atoms with E-state index in [1.54, 1.807) is 6.07 Å². The average molecular weight is 455 g/mol. The van der Waals surface area contributed by atoms with Crippen molar-refractivity contribution in [1.82, 2.24) is 9.29 Å². The number of benzene rings is 1. The van der Waals surface area contributed by atoms with Gasteiger partial charge in [-0.1, -0.05) is 38.8 Å². The third-order valence-corrected chi connectivity index (χ3v) is 6.16. The summed E-state index contributed by atoms with van der Waals surface area (Å²) in [4.78, 5) is 0. The van der Waals surface area contributed by atoms with Gasteiger partial charge in [0.2, 0.25) is 6.43 Å². The van der Waals surface area contributed by atoms with E-state index in [9.17, 15) is 13.2 Å². The average Bonchev–Trinajstić information content (AvgIpc) is 3.44. The Morgan fingerprint density at radius 2 is 1.97 bits per heavy atom. The molecule has 0 atom stereocenters. The fourth-order valence-electron chi connectivity index (χ4n) is 3.61. The highest BCUT2D eigenvalue weighted by atomic mass is 32.2. The van der Waals surface area contributed by atoms with E-state index < -0.39 is 6.43 Å². The van der Waals surface area contributed by atoms with E-state index in [1.165, 1.54) is 18.4 Å². The molecule has 0 unspecified atom stereocenters. The second-order valence-corrected chi connectivity index (χ2v) is 10.6. The number of rotatable bonds is 6. The first-order chi connectivity index (χ1) is 14.6. The van der Waals surface area contributed by atoms with Crippen molar-refractivity contribution in [3.63, 3.8) is 0 Å². The maximum absolute atomic E-state index is 15.0. The van der Waals surface area contributed by atoms with Crippen LogP contribution in [0.3, 0.4) is 0 Å². The Kier molecular flexibility index (Phi) is 8.16. The summed E-state index contributed by atoms with van der Waals surface area (Å²) in [6.07, 6.45) is 5.44. The van der Waals surface area contributed by atoms with Gasteiger partial charge >= 0.3 is 0 Å². The summed E-state index contributed by atoms with van der Waals surface area (Å²) in [6, 6.07) is 3.78. The van der Waals surface area contributed by atoms with E-state index in [0.717, 1.165) is 53.7 Å². The fraction of sp³-hybridized carbons (Fsp3) is 0.583. The normalized spacial score (nSPS) is 17.0. The van der Waals surface area contributed by atoms with Crippen LogP contribution in [0, 0.1) is 11.2 Å². The second kappa shape index (κ2) is 10.5. The van der Waals surface area contributed by atoms with Crippen molar-refractivity contribution >= 4 is 28.4 Å². The Balaban J connectivity index is 0.000000628. The van der Waals surface area contributed by atoms with Gasteiger partial charge in [0.05, 0.1) is 13.2 Å². The van der Waals surface area contributed by atoms with Crippen LogP contribution in [0.15, 0.2) is 24.4 Å². The van der Waals surface area contributed by atoms with Crippen molar-refractivity contribution in [2.24, 2.45) is 5.41 Å². The van der Waals surface area contributed by atoms with E-state index in [4.69, 9.17) is 4.74 Å². The van der Waals surface area contributed by atoms with Crippen molar-refractivity contribution in [3.05, 3.63) is 41.3 Å². The molecule has 31 heavy (non-hydrogen) atoms. The number of nitrogens with one attached hydrogen (secondary N) is 1. The van der Waals surface area contributed by atoms with Gasteiger partial charge in [0, 0.05) is 41.0 Å². The predicted octanol–water partition coefficient (Wildman–Crippen LogP) is 6.80. The van der Waals surface area contributed by atoms with Crippen molar-refractivity contribution < 1.29 is 17.9 Å². The van der Waals surface area contributed by atoms with Crippen LogP contribution in [-0.4, -0.2) is 29.5 Å². The van der Waals surface area contributed by atoms with Crippen LogP contribution in [0.25, 0.3) is 16.5 Å². The Hall–Kier alpha value is -1.44. The standard InChI is InChI=1S/C22H29FN2OS.C2H4F2/c1-22(2,3)14-25-13-16(12-24-27-17-4-5-17)19-10-20(23)18(11-21(19)25)15-6-8-26-9-7-15;1-2(3)4/h6,10-11,13,17,24H,4-5,7-9,12,14H2,1-3H3;2H,1H3. The van der Waals surface area contributed by atoms with Gasteiger partial charge in [-0.3, -0.25) is 4.72 Å². The van der Waals surface area contributed by atoms with Gasteiger partial charge in [0.1, 0.15) is 5.82 Å². The largest absolute Gasteiger partial charge is 0.377 e. The lowest BCUT2D eigenvalue weighted by Gasteiger charge is -2.20. The molecule has 0 radical (unpaired) electrons. The second-order valence-electron chi connectivity index (χ2n) is 9.40. The highest BCUT2D eigenvalue weighted by molar-refractivity contribution is 7.98. The minimum atomic E-state index is -2.17. The molecular weight excluding hydrogens is 421 g/mol. The molecule has 0 amide bonds. The van der Waals surface area contributed by atoms with Crippen molar-refractivity contribution in [2.75, 3.05) is 13.2 Å². The van der Waals surface area contributed by atoms with Crippen LogP contribution in [0.4, 0.5) is 13.2 Å². The van der Waals surface area contributed by atoms with Crippen LogP contribution >= 0.6 is 11.9 Å². The summed E-state index contributed by atoms with van der Waals surface area (Å²) in [6.45, 7) is 10.5. The zero-order valence-electron chi connectivity index (χ0n) is 18.8. The maximum atomic E-state index is 15.0. The molecule has 0 bridgehead atoms. The molecule has 1 aromatic heterocycles. The first-order valence-electron chi connectivity index (χ1n) is 10.9. The quantitative estimate of drug-likeness (QED) is 0.486. The van der Waals surface area contributed by atoms with Crippen LogP contribution in [0.1, 0.15) is 58.1 Å². The molecule has 1 aliphatic carbocycles. The van der Waals surface area contributed by atoms with E-state index in [-0.39, 0.29) is 11.2 Å². The lowest BCUT2D eigenvalue weighted by Crippen LogP contribution is -2.15. The van der Waals surface area contributed by atoms with E-state index in [2.05, 4.69) is 36.3 Å². The Bertz CT molecular complexity index is 911. The minimum Gasteiger partial charge on any atom is -0.377 e. The highest BCUT2D eigenvalue weighted by Gasteiger charge is 2.23. The molecule has 1 aromatic carbocycles. The van der Waals surface area contributed by atoms with Gasteiger partial charge in [-0.25, -0.2) is 13.2 Å². The van der Waals surface area contributed by atoms with Crippen molar-refractivity contribution in [1.29, 1.82) is 0 Å². The van der Waals surface area contributed by atoms with Crippen molar-refractivity contribution in [3.8, 4) is 0 Å². The summed E-state index contributed by atoms with van der Waals surface area (Å²) in [5.74, 6) is -0.125. The summed E-state index contributed by atoms with van der Waals surface area (Å²) in [7, 11) is 0. The van der Waals surface area contributed by atoms with Gasteiger partial charge in [-0.2, -0.15) is 0 Å². The molecule has 2 aromatic rings. The summed E-state index contributed by atoms with van der Waals surface area (Å²) in [5, 5.41) is 1.79. The minimum absolute atomic E-state index is 0.125. The van der Waals surface area contributed by atoms with Gasteiger partial charge in [0.15, 0.2) is 0 Å². The van der Waals surface area contributed by atoms with Gasteiger partial charge < -0.3 is 9.30 Å². The lowest BCUT2D eigenvalue weighted by atomic mass is 9.96. The molecule has 3 nitrogen and oxygen atoms in total. The maximum Gasteiger partial charge on any atom is 0.235 e. The Morgan fingerprint density at radius 1 is 1.26 bits per heavy atom. The number of halogens is 3. The summed E-state index contributed by atoms with van der Waals surface area (Å²) in [5.41, 5.74) is 4.25. The molecule has 1 aliphatic heterocycles. The summed E-state index contributed by atoms with van der Waals surface area (Å²) >= 11 is 1.82. The number of aromatic nitrogens is 1. The molecular formula is C24H33F3N2OS. The molecule has 2 heterocycles. The SMILES string of the molecule is CC(C)(C)Cn1cc(CNSC2CC2)c2cc(F)c(C3=CCOCC3)cc21.CC(F)F. The van der Waals surface area contributed by atoms with Crippen LogP contribution in [0.5, 0.6) is 0 Å². The number of fused-ring (bicyclic) bond motifs is 1. The third-order valence-electron chi connectivity index (χ3n) is 5.04. The van der Waals surface area contributed by atoms with E-state index in [0.29, 0.717) is 13.2 Å². The molecule has 172 valence electrons. The number of alkyl halides is 2. The Morgan fingerprint density at radius 3 is 2.55 bits per heavy atom. The zero-order chi connectivity index (χ0) is 22.6. The Labute approximate surface area is 187 Å². The molecule has 2 aliphatic rings. The van der Waals surface area contributed by atoms with Crippen LogP contribution in [-0.2, 0) is 17.8 Å². The molecule has 0 saturated heterocycles. The zero-order valence-corrected chi connectivity index (χ0v) is 19.6. The summed E-state index contributed by atoms with van der Waals surface area (Å²) < 4.78 is 46.8. The number of hydrogen-bond acceptors (Lipinski definition) is 3. The molecule has 1 fully saturated rings. The van der Waals surface area contributed by atoms with Crippen molar-refractivity contribution in [2.45, 2.75) is 71.7 Å². The topological polar surface area (TPSA) is 26.2 Å². The highest BCUT2D eigenvalue weighted by Crippen LogP contribution is 2.34. The van der Waals surface area contributed by atoms with Crippen LogP contribution in [0.2, 0.25) is 0 Å². The van der Waals surface area contributed by atoms with Crippen LogP contribution < -0.4 is 4.72 Å². The monoisotopic (exact) mass is 454 g/mol. The predicted molar refractivity (Wildman–Crippen MR) is 124 cm³/mol. The van der Waals surface area contributed by atoms with Gasteiger partial charge in [-0.15, -0.1) is 0 Å². The molecule has 1 saturated carbocycles. The first kappa shape index (κ1) is 24.2. The molecule has 4 rings (SSSR count). The smallest absolute Gasteiger partial charge is 0.235 e. The first-order valence-corrected chi connectivity index (χ1v) is 11.8. The van der Waals surface area contributed by atoms with E-state index in [1.807, 2.05) is 24.1 Å². The third kappa shape index (κ3) is 7.29. The molecule has 1 N–H and O–H groups in total. The van der Waals surface area contributed by atoms with Gasteiger partial charge in [-0.05, 0) is 54.9 Å². The number of hydrogen-bond donors (Lipinski definition) is 1. The fourth-order valence-corrected chi connectivity index (χ4v) is 4.45. The number of nitrogens with zero attached hydrogens (tertiary/aromatic N) is 1. The van der Waals surface area contributed by atoms with Gasteiger partial charge in [0.25, 0.3) is 0 Å². The lowest BCUT2D eigenvalue weighted by molar-refractivity contribution is 0.161.